The van der Waals surface area contributed by atoms with Crippen LogP contribution in [0.1, 0.15) is 16.7 Å². The first-order valence-corrected chi connectivity index (χ1v) is 17.9. The van der Waals surface area contributed by atoms with Gasteiger partial charge in [-0.15, -0.1) is 5.10 Å². The molecule has 0 saturated carbocycles. The molecule has 9 nitrogen and oxygen atoms in total. The van der Waals surface area contributed by atoms with Crippen molar-refractivity contribution in [1.29, 1.82) is 0 Å². The van der Waals surface area contributed by atoms with Gasteiger partial charge in [-0.25, -0.2) is 4.68 Å². The summed E-state index contributed by atoms with van der Waals surface area (Å²) in [6.07, 6.45) is 6.76. The molecule has 6 aromatic carbocycles. The molecule has 0 saturated heterocycles. The van der Waals surface area contributed by atoms with Crippen molar-refractivity contribution in [2.24, 2.45) is 0 Å². The number of halogens is 1. The molecule has 2 heterocycles. The van der Waals surface area contributed by atoms with Crippen LogP contribution in [0.5, 0.6) is 17.2 Å². The van der Waals surface area contributed by atoms with Gasteiger partial charge in [0.2, 0.25) is 0 Å². The Morgan fingerprint density at radius 1 is 0.434 bits per heavy atom. The van der Waals surface area contributed by atoms with Gasteiger partial charge in [-0.3, -0.25) is 0 Å². The van der Waals surface area contributed by atoms with Crippen LogP contribution in [0.4, 0.5) is 0 Å². The van der Waals surface area contributed by atoms with Crippen molar-refractivity contribution in [3.05, 3.63) is 209 Å². The molecule has 0 unspecified atom stereocenters. The van der Waals surface area contributed by atoms with E-state index < -0.39 is 0 Å². The molecule has 8 aromatic rings. The minimum atomic E-state index is 0.570. The van der Waals surface area contributed by atoms with Gasteiger partial charge in [0.25, 0.3) is 0 Å². The van der Waals surface area contributed by atoms with E-state index in [-0.39, 0.29) is 0 Å². The van der Waals surface area contributed by atoms with Crippen LogP contribution in [0.25, 0.3) is 11.4 Å². The molecule has 0 aliphatic rings. The van der Waals surface area contributed by atoms with Crippen LogP contribution in [0.15, 0.2) is 189 Å². The van der Waals surface area contributed by atoms with E-state index in [1.807, 2.05) is 152 Å². The van der Waals surface area contributed by atoms with E-state index in [1.165, 1.54) is 9.13 Å². The summed E-state index contributed by atoms with van der Waals surface area (Å²) < 4.78 is 20.0. The van der Waals surface area contributed by atoms with E-state index in [0.29, 0.717) is 19.8 Å². The van der Waals surface area contributed by atoms with Gasteiger partial charge in [-0.2, -0.15) is 15.0 Å². The number of hydrogen-bond acceptors (Lipinski definition) is 7. The first-order chi connectivity index (χ1) is 26.2. The number of ether oxygens (including phenoxy) is 3. The molecule has 0 fully saturated rings. The predicted molar refractivity (Wildman–Crippen MR) is 214 cm³/mol. The van der Waals surface area contributed by atoms with Crippen LogP contribution in [0.3, 0.4) is 0 Å². The van der Waals surface area contributed by atoms with Crippen LogP contribution < -0.4 is 14.2 Å². The lowest BCUT2D eigenvalue weighted by molar-refractivity contribution is 0.306. The lowest BCUT2D eigenvalue weighted by Crippen LogP contribution is -1.99. The molecule has 0 amide bonds. The molecule has 0 aliphatic heterocycles. The average Bonchev–Trinajstić information content (AvgIpc) is 3.98. The highest BCUT2D eigenvalue weighted by molar-refractivity contribution is 14.1. The zero-order valence-corrected chi connectivity index (χ0v) is 31.0. The third-order valence-electron chi connectivity index (χ3n) is 7.57. The Morgan fingerprint density at radius 3 is 1.23 bits per heavy atom. The van der Waals surface area contributed by atoms with Gasteiger partial charge < -0.3 is 14.2 Å². The van der Waals surface area contributed by atoms with Gasteiger partial charge in [-0.1, -0.05) is 96.2 Å². The Morgan fingerprint density at radius 2 is 0.830 bits per heavy atom. The topological polar surface area (TPSA) is 89.1 Å². The molecule has 8 rings (SSSR count). The van der Waals surface area contributed by atoms with Crippen molar-refractivity contribution in [2.75, 3.05) is 0 Å². The van der Waals surface area contributed by atoms with Gasteiger partial charge >= 0.3 is 0 Å². The molecule has 0 N–H and O–H groups in total. The molecule has 0 spiro atoms. The minimum Gasteiger partial charge on any atom is -0.489 e. The second kappa shape index (κ2) is 19.9. The first kappa shape index (κ1) is 36.5. The summed E-state index contributed by atoms with van der Waals surface area (Å²) in [6, 6.07) is 53.9. The van der Waals surface area contributed by atoms with Gasteiger partial charge in [0, 0.05) is 3.57 Å². The monoisotopic (exact) mass is 812 g/mol. The Bertz CT molecular complexity index is 2030. The molecule has 0 radical (unpaired) electrons. The third kappa shape index (κ3) is 12.2. The highest BCUT2D eigenvalue weighted by Gasteiger charge is 2.01. The van der Waals surface area contributed by atoms with Crippen molar-refractivity contribution in [3.8, 4) is 28.6 Å². The fraction of sp³-hybridized carbons (Fsp3) is 0.0698. The second-order valence-corrected chi connectivity index (χ2v) is 12.7. The maximum Gasteiger partial charge on any atom is 0.119 e. The molecule has 0 aliphatic carbocycles. The quantitative estimate of drug-likeness (QED) is 0.120. The molecule has 2 aromatic heterocycles. The molecular weight excluding hydrogens is 775 g/mol. The minimum absolute atomic E-state index is 0.570. The van der Waals surface area contributed by atoms with Crippen LogP contribution in [-0.2, 0) is 19.8 Å². The Labute approximate surface area is 322 Å². The van der Waals surface area contributed by atoms with Crippen LogP contribution in [-0.4, -0.2) is 30.0 Å². The maximum atomic E-state index is 5.72. The summed E-state index contributed by atoms with van der Waals surface area (Å²) in [4.78, 5) is 1.57. The number of aromatic nitrogens is 6. The van der Waals surface area contributed by atoms with Crippen LogP contribution in [0.2, 0.25) is 0 Å². The summed E-state index contributed by atoms with van der Waals surface area (Å²) in [6.45, 7) is 1.77. The van der Waals surface area contributed by atoms with Crippen LogP contribution in [0, 0.1) is 3.57 Å². The van der Waals surface area contributed by atoms with Gasteiger partial charge in [-0.05, 0) is 112 Å². The molecular formula is C43H37IN6O3. The summed E-state index contributed by atoms with van der Waals surface area (Å²) in [5.74, 6) is 2.59. The Hall–Kier alpha value is -6.27. The SMILES string of the molecule is Ic1ccc(OCc2ccccc2)cc1.c1ccc(COc2ccc(-n3ccnn3)cc2)cc1.c1ccc(COc2ccc(-n3nccn3)cc2)cc1. The van der Waals surface area contributed by atoms with Crippen molar-refractivity contribution in [3.63, 3.8) is 0 Å². The Kier molecular flexibility index (Phi) is 13.7. The standard InChI is InChI=1S/2C15H13N3O.C13H11IO/c1-2-4-13(5-3-1)12-19-15-8-6-14(7-9-15)18-11-10-16-17-18;1-2-4-13(5-3-1)12-19-15-8-6-14(7-9-15)18-16-10-11-17-18;14-12-6-8-13(9-7-12)15-10-11-4-2-1-3-5-11/h2*1-11H,12H2;1-9H,10H2. The predicted octanol–water partition coefficient (Wildman–Crippen LogP) is 9.56. The zero-order chi connectivity index (χ0) is 36.3. The van der Waals surface area contributed by atoms with E-state index in [1.54, 1.807) is 34.3 Å². The van der Waals surface area contributed by atoms with E-state index in [4.69, 9.17) is 14.2 Å². The molecule has 53 heavy (non-hydrogen) atoms. The second-order valence-electron chi connectivity index (χ2n) is 11.4. The number of hydrogen-bond donors (Lipinski definition) is 0. The third-order valence-corrected chi connectivity index (χ3v) is 8.29. The fourth-order valence-electron chi connectivity index (χ4n) is 4.82. The molecule has 0 atom stereocenters. The maximum absolute atomic E-state index is 5.72. The summed E-state index contributed by atoms with van der Waals surface area (Å²) >= 11 is 2.28. The molecule has 0 bridgehead atoms. The van der Waals surface area contributed by atoms with Gasteiger partial charge in [0.15, 0.2) is 0 Å². The lowest BCUT2D eigenvalue weighted by Gasteiger charge is -2.07. The number of benzene rings is 6. The van der Waals surface area contributed by atoms with Crippen molar-refractivity contribution in [1.82, 2.24) is 30.0 Å². The summed E-state index contributed by atoms with van der Waals surface area (Å²) in [5, 5.41) is 15.9. The van der Waals surface area contributed by atoms with E-state index in [9.17, 15) is 0 Å². The number of nitrogens with zero attached hydrogens (tertiary/aromatic N) is 6. The van der Waals surface area contributed by atoms with Crippen LogP contribution >= 0.6 is 22.6 Å². The largest absolute Gasteiger partial charge is 0.489 e. The van der Waals surface area contributed by atoms with E-state index >= 15 is 0 Å². The highest BCUT2D eigenvalue weighted by Crippen LogP contribution is 2.18. The lowest BCUT2D eigenvalue weighted by atomic mass is 10.2. The first-order valence-electron chi connectivity index (χ1n) is 16.9. The normalized spacial score (nSPS) is 10.2. The summed E-state index contributed by atoms with van der Waals surface area (Å²) in [7, 11) is 0. The Balaban J connectivity index is 0.000000137. The zero-order valence-electron chi connectivity index (χ0n) is 28.8. The summed E-state index contributed by atoms with van der Waals surface area (Å²) in [5.41, 5.74) is 5.38. The van der Waals surface area contributed by atoms with Gasteiger partial charge in [0.05, 0.1) is 36.2 Å². The fourth-order valence-corrected chi connectivity index (χ4v) is 5.18. The van der Waals surface area contributed by atoms with Crippen molar-refractivity contribution < 1.29 is 14.2 Å². The van der Waals surface area contributed by atoms with E-state index in [2.05, 4.69) is 55.2 Å². The molecule has 10 heteroatoms. The van der Waals surface area contributed by atoms with E-state index in [0.717, 1.165) is 39.8 Å². The van der Waals surface area contributed by atoms with Crippen molar-refractivity contribution >= 4 is 22.6 Å². The molecule has 264 valence electrons. The smallest absolute Gasteiger partial charge is 0.119 e. The van der Waals surface area contributed by atoms with Crippen molar-refractivity contribution in [2.45, 2.75) is 19.8 Å². The number of rotatable bonds is 11. The average molecular weight is 813 g/mol. The van der Waals surface area contributed by atoms with Gasteiger partial charge in [0.1, 0.15) is 37.1 Å². The highest BCUT2D eigenvalue weighted by atomic mass is 127.